The Morgan fingerprint density at radius 3 is 2.63 bits per heavy atom. The zero-order chi connectivity index (χ0) is 14.6. The number of aryl methyl sites for hydroxylation is 1. The second kappa shape index (κ2) is 6.09. The molecule has 1 aromatic carbocycles. The normalized spacial score (nSPS) is 11.4. The molecule has 0 aromatic heterocycles. The van der Waals surface area contributed by atoms with Crippen LogP contribution < -0.4 is 10.5 Å². The predicted molar refractivity (Wildman–Crippen MR) is 66.7 cm³/mol. The molecule has 0 saturated carbocycles. The average Bonchev–Trinajstić information content (AvgIpc) is 2.27. The van der Waals surface area contributed by atoms with Crippen LogP contribution in [0.15, 0.2) is 17.0 Å². The molecule has 0 heterocycles. The number of hydrogen-bond acceptors (Lipinski definition) is 4. The summed E-state index contributed by atoms with van der Waals surface area (Å²) in [4.78, 5) is 11.4. The monoisotopic (exact) mass is 290 g/mol. The Labute approximate surface area is 110 Å². The summed E-state index contributed by atoms with van der Waals surface area (Å²) in [6.07, 6.45) is 0. The maximum absolute atomic E-state index is 13.7. The van der Waals surface area contributed by atoms with Crippen LogP contribution in [0.1, 0.15) is 15.9 Å². The molecular formula is C11H15FN2O4S. The predicted octanol–water partition coefficient (Wildman–Crippen LogP) is 0.158. The first kappa shape index (κ1) is 15.5. The Hall–Kier alpha value is -1.51. The molecule has 0 aliphatic carbocycles. The van der Waals surface area contributed by atoms with Gasteiger partial charge >= 0.3 is 0 Å². The topological polar surface area (TPSA) is 98.5 Å². The molecule has 1 amide bonds. The van der Waals surface area contributed by atoms with E-state index in [0.717, 1.165) is 12.1 Å². The molecule has 19 heavy (non-hydrogen) atoms. The average molecular weight is 290 g/mol. The van der Waals surface area contributed by atoms with Gasteiger partial charge in [-0.05, 0) is 24.6 Å². The van der Waals surface area contributed by atoms with Crippen molar-refractivity contribution in [3.63, 3.8) is 0 Å². The van der Waals surface area contributed by atoms with Crippen molar-refractivity contribution in [1.82, 2.24) is 5.32 Å². The lowest BCUT2D eigenvalue weighted by Gasteiger charge is -2.09. The first-order valence-corrected chi connectivity index (χ1v) is 6.92. The minimum Gasteiger partial charge on any atom is -0.383 e. The van der Waals surface area contributed by atoms with E-state index in [1.54, 1.807) is 0 Å². The van der Waals surface area contributed by atoms with E-state index in [1.165, 1.54) is 14.0 Å². The third kappa shape index (κ3) is 3.98. The molecule has 8 heteroatoms. The van der Waals surface area contributed by atoms with E-state index >= 15 is 0 Å². The third-order valence-corrected chi connectivity index (χ3v) is 3.46. The van der Waals surface area contributed by atoms with Gasteiger partial charge in [0, 0.05) is 13.7 Å². The standard InChI is InChI=1S/C11H15FN2O4S/c1-7-5-9(12)8(6-10(7)19(13,16)17)11(15)14-3-4-18-2/h5-6H,3-4H2,1-2H3,(H,14,15)(H2,13,16,17). The smallest absolute Gasteiger partial charge is 0.254 e. The van der Waals surface area contributed by atoms with Crippen molar-refractivity contribution in [3.8, 4) is 0 Å². The molecule has 106 valence electrons. The van der Waals surface area contributed by atoms with Gasteiger partial charge in [0.1, 0.15) is 5.82 Å². The second-order valence-electron chi connectivity index (χ2n) is 3.89. The zero-order valence-electron chi connectivity index (χ0n) is 10.6. The molecule has 6 nitrogen and oxygen atoms in total. The Morgan fingerprint density at radius 1 is 1.47 bits per heavy atom. The molecule has 0 atom stereocenters. The van der Waals surface area contributed by atoms with Crippen LogP contribution in [-0.2, 0) is 14.8 Å². The van der Waals surface area contributed by atoms with Gasteiger partial charge < -0.3 is 10.1 Å². The van der Waals surface area contributed by atoms with Crippen molar-refractivity contribution in [2.45, 2.75) is 11.8 Å². The van der Waals surface area contributed by atoms with E-state index < -0.39 is 21.7 Å². The Kier molecular flexibility index (Phi) is 4.98. The van der Waals surface area contributed by atoms with Crippen molar-refractivity contribution in [3.05, 3.63) is 29.1 Å². The van der Waals surface area contributed by atoms with Crippen LogP contribution in [0.4, 0.5) is 4.39 Å². The minimum atomic E-state index is -4.00. The van der Waals surface area contributed by atoms with Gasteiger partial charge in [-0.3, -0.25) is 4.79 Å². The number of nitrogens with two attached hydrogens (primary N) is 1. The zero-order valence-corrected chi connectivity index (χ0v) is 11.4. The molecule has 0 bridgehead atoms. The van der Waals surface area contributed by atoms with E-state index in [4.69, 9.17) is 9.88 Å². The molecule has 0 saturated heterocycles. The number of benzene rings is 1. The van der Waals surface area contributed by atoms with Gasteiger partial charge in [-0.15, -0.1) is 0 Å². The van der Waals surface area contributed by atoms with Gasteiger partial charge in [0.2, 0.25) is 10.0 Å². The van der Waals surface area contributed by atoms with Crippen LogP contribution in [0.5, 0.6) is 0 Å². The van der Waals surface area contributed by atoms with E-state index in [-0.39, 0.29) is 29.2 Å². The van der Waals surface area contributed by atoms with Crippen LogP contribution in [-0.4, -0.2) is 34.6 Å². The molecule has 0 spiro atoms. The number of carbonyl (C=O) groups excluding carboxylic acids is 1. The highest BCUT2D eigenvalue weighted by Gasteiger charge is 2.19. The van der Waals surface area contributed by atoms with E-state index in [9.17, 15) is 17.6 Å². The summed E-state index contributed by atoms with van der Waals surface area (Å²) in [6.45, 7) is 1.85. The van der Waals surface area contributed by atoms with Gasteiger partial charge in [0.15, 0.2) is 0 Å². The quantitative estimate of drug-likeness (QED) is 0.754. The second-order valence-corrected chi connectivity index (χ2v) is 5.42. The number of nitrogens with one attached hydrogen (secondary N) is 1. The van der Waals surface area contributed by atoms with Crippen LogP contribution in [0.3, 0.4) is 0 Å². The Morgan fingerprint density at radius 2 is 2.11 bits per heavy atom. The maximum Gasteiger partial charge on any atom is 0.254 e. The van der Waals surface area contributed by atoms with Gasteiger partial charge in [-0.2, -0.15) is 0 Å². The van der Waals surface area contributed by atoms with Gasteiger partial charge in [0.25, 0.3) is 5.91 Å². The summed E-state index contributed by atoms with van der Waals surface area (Å²) in [5.41, 5.74) is -0.223. The van der Waals surface area contributed by atoms with Crippen molar-refractivity contribution >= 4 is 15.9 Å². The lowest BCUT2D eigenvalue weighted by Crippen LogP contribution is -2.28. The van der Waals surface area contributed by atoms with Crippen molar-refractivity contribution in [2.75, 3.05) is 20.3 Å². The van der Waals surface area contributed by atoms with Crippen molar-refractivity contribution in [2.24, 2.45) is 5.14 Å². The van der Waals surface area contributed by atoms with E-state index in [2.05, 4.69) is 5.32 Å². The number of rotatable bonds is 5. The fraction of sp³-hybridized carbons (Fsp3) is 0.364. The number of amides is 1. The molecule has 0 fully saturated rings. The number of methoxy groups -OCH3 is 1. The molecule has 0 radical (unpaired) electrons. The summed E-state index contributed by atoms with van der Waals surface area (Å²) >= 11 is 0. The summed E-state index contributed by atoms with van der Waals surface area (Å²) in [5.74, 6) is -1.53. The number of halogens is 1. The number of hydrogen-bond donors (Lipinski definition) is 2. The lowest BCUT2D eigenvalue weighted by molar-refractivity contribution is 0.0933. The molecule has 0 aliphatic rings. The fourth-order valence-electron chi connectivity index (χ4n) is 1.50. The summed E-state index contributed by atoms with van der Waals surface area (Å²) in [7, 11) is -2.55. The van der Waals surface area contributed by atoms with E-state index in [1.807, 2.05) is 0 Å². The highest BCUT2D eigenvalue weighted by Crippen LogP contribution is 2.19. The van der Waals surface area contributed by atoms with E-state index in [0.29, 0.717) is 0 Å². The molecule has 0 aliphatic heterocycles. The van der Waals surface area contributed by atoms with Crippen LogP contribution in [0, 0.1) is 12.7 Å². The largest absolute Gasteiger partial charge is 0.383 e. The number of carbonyl (C=O) groups is 1. The highest BCUT2D eigenvalue weighted by molar-refractivity contribution is 7.89. The van der Waals surface area contributed by atoms with Gasteiger partial charge in [0.05, 0.1) is 17.1 Å². The fourth-order valence-corrected chi connectivity index (χ4v) is 2.29. The van der Waals surface area contributed by atoms with Crippen LogP contribution in [0.25, 0.3) is 0 Å². The maximum atomic E-state index is 13.7. The van der Waals surface area contributed by atoms with Gasteiger partial charge in [-0.1, -0.05) is 0 Å². The highest BCUT2D eigenvalue weighted by atomic mass is 32.2. The number of primary sulfonamides is 1. The first-order valence-electron chi connectivity index (χ1n) is 5.37. The first-order chi connectivity index (χ1) is 8.77. The molecular weight excluding hydrogens is 275 g/mol. The summed E-state index contributed by atoms with van der Waals surface area (Å²) in [5, 5.41) is 7.40. The van der Waals surface area contributed by atoms with Crippen molar-refractivity contribution < 1.29 is 22.3 Å². The van der Waals surface area contributed by atoms with Crippen LogP contribution >= 0.6 is 0 Å². The minimum absolute atomic E-state index is 0.147. The lowest BCUT2D eigenvalue weighted by atomic mass is 10.1. The Balaban J connectivity index is 3.11. The van der Waals surface area contributed by atoms with Crippen molar-refractivity contribution in [1.29, 1.82) is 0 Å². The molecule has 3 N–H and O–H groups in total. The number of sulfonamides is 1. The van der Waals surface area contributed by atoms with Gasteiger partial charge in [-0.25, -0.2) is 17.9 Å². The molecule has 0 unspecified atom stereocenters. The molecule has 1 aromatic rings. The third-order valence-electron chi connectivity index (χ3n) is 2.41. The van der Waals surface area contributed by atoms with Crippen LogP contribution in [0.2, 0.25) is 0 Å². The summed E-state index contributed by atoms with van der Waals surface area (Å²) in [6, 6.07) is 1.90. The summed E-state index contributed by atoms with van der Waals surface area (Å²) < 4.78 is 41.0. The SMILES string of the molecule is COCCNC(=O)c1cc(S(N)(=O)=O)c(C)cc1F. The molecule has 1 rings (SSSR count). The Bertz CT molecular complexity index is 587. The number of ether oxygens (including phenoxy) is 1.